The van der Waals surface area contributed by atoms with Gasteiger partial charge < -0.3 is 15.5 Å². The van der Waals surface area contributed by atoms with Crippen molar-refractivity contribution >= 4 is 33.2 Å². The van der Waals surface area contributed by atoms with Gasteiger partial charge in [0.15, 0.2) is 0 Å². The number of hydrogen-bond acceptors (Lipinski definition) is 4. The van der Waals surface area contributed by atoms with Gasteiger partial charge in [-0.25, -0.2) is 0 Å². The van der Waals surface area contributed by atoms with E-state index in [0.717, 1.165) is 90.1 Å². The molecule has 0 spiro atoms. The molecule has 166 valence electrons. The molecule has 6 heteroatoms. The minimum absolute atomic E-state index is 0.0241. The average molecular weight is 448 g/mol. The molecule has 0 radical (unpaired) electrons. The van der Waals surface area contributed by atoms with Crippen LogP contribution in [0.15, 0.2) is 48.5 Å². The number of benzene rings is 2. The zero-order valence-electron chi connectivity index (χ0n) is 18.2. The van der Waals surface area contributed by atoms with Crippen molar-refractivity contribution in [1.82, 2.24) is 15.5 Å². The Morgan fingerprint density at radius 1 is 0.969 bits per heavy atom. The number of likely N-dealkylation sites (tertiary alicyclic amines) is 1. The fourth-order valence-electron chi connectivity index (χ4n) is 4.64. The van der Waals surface area contributed by atoms with Crippen LogP contribution in [0.2, 0.25) is 0 Å². The minimum atomic E-state index is 0.0241. The van der Waals surface area contributed by atoms with E-state index in [4.69, 9.17) is 0 Å². The van der Waals surface area contributed by atoms with Crippen LogP contribution in [0.3, 0.4) is 0 Å². The quantitative estimate of drug-likeness (QED) is 0.604. The summed E-state index contributed by atoms with van der Waals surface area (Å²) in [4.78, 5) is 27.9. The monoisotopic (exact) mass is 447 g/mol. The summed E-state index contributed by atoms with van der Waals surface area (Å²) in [7, 11) is 0. The van der Waals surface area contributed by atoms with Crippen LogP contribution in [0.1, 0.15) is 45.7 Å². The highest BCUT2D eigenvalue weighted by Gasteiger charge is 2.19. The van der Waals surface area contributed by atoms with Gasteiger partial charge >= 0.3 is 0 Å². The molecule has 0 saturated carbocycles. The summed E-state index contributed by atoms with van der Waals surface area (Å²) in [6.45, 7) is 4.56. The van der Waals surface area contributed by atoms with Crippen molar-refractivity contribution in [2.75, 3.05) is 32.7 Å². The Bertz CT molecular complexity index is 1110. The molecule has 2 amide bonds. The van der Waals surface area contributed by atoms with Crippen LogP contribution in [0, 0.1) is 5.92 Å². The van der Waals surface area contributed by atoms with Crippen LogP contribution >= 0.6 is 11.3 Å². The summed E-state index contributed by atoms with van der Waals surface area (Å²) in [5.74, 6) is 0.723. The summed E-state index contributed by atoms with van der Waals surface area (Å²) in [5.41, 5.74) is 2.93. The van der Waals surface area contributed by atoms with Gasteiger partial charge in [-0.05, 0) is 85.5 Å². The van der Waals surface area contributed by atoms with Crippen molar-refractivity contribution < 1.29 is 9.59 Å². The van der Waals surface area contributed by atoms with Gasteiger partial charge in [0.1, 0.15) is 0 Å². The molecule has 0 unspecified atom stereocenters. The summed E-state index contributed by atoms with van der Waals surface area (Å²) >= 11 is 1.54. The second-order valence-electron chi connectivity index (χ2n) is 8.84. The van der Waals surface area contributed by atoms with Gasteiger partial charge in [-0.15, -0.1) is 11.3 Å². The van der Waals surface area contributed by atoms with Crippen molar-refractivity contribution in [3.8, 4) is 11.1 Å². The van der Waals surface area contributed by atoms with Crippen LogP contribution in [-0.2, 0) is 0 Å². The number of rotatable bonds is 5. The number of nitrogens with zero attached hydrogens (tertiary/aromatic N) is 1. The molecule has 0 atom stereocenters. The summed E-state index contributed by atoms with van der Waals surface area (Å²) < 4.78 is 1.10. The van der Waals surface area contributed by atoms with Crippen molar-refractivity contribution in [2.24, 2.45) is 5.92 Å². The van der Waals surface area contributed by atoms with Gasteiger partial charge in [0.05, 0.1) is 4.88 Å². The van der Waals surface area contributed by atoms with Crippen molar-refractivity contribution in [1.29, 1.82) is 0 Å². The molecule has 2 aliphatic heterocycles. The van der Waals surface area contributed by atoms with Crippen molar-refractivity contribution in [3.05, 3.63) is 59.0 Å². The second kappa shape index (κ2) is 9.43. The van der Waals surface area contributed by atoms with E-state index in [0.29, 0.717) is 5.92 Å². The molecule has 1 aromatic heterocycles. The van der Waals surface area contributed by atoms with E-state index in [1.165, 1.54) is 0 Å². The molecule has 3 aromatic rings. The topological polar surface area (TPSA) is 61.4 Å². The first-order valence-corrected chi connectivity index (χ1v) is 12.4. The molecule has 2 N–H and O–H groups in total. The fourth-order valence-corrected chi connectivity index (χ4v) is 5.66. The number of carbonyl (C=O) groups is 2. The average Bonchev–Trinajstić information content (AvgIpc) is 3.53. The zero-order chi connectivity index (χ0) is 21.9. The Morgan fingerprint density at radius 2 is 1.69 bits per heavy atom. The molecular formula is C26H29N3O2S. The third kappa shape index (κ3) is 4.57. The lowest BCUT2D eigenvalue weighted by molar-refractivity contribution is 0.0792. The number of carbonyl (C=O) groups excluding carboxylic acids is 2. The number of fused-ring (bicyclic) bond motifs is 1. The van der Waals surface area contributed by atoms with Crippen LogP contribution in [0.5, 0.6) is 0 Å². The zero-order valence-corrected chi connectivity index (χ0v) is 19.0. The van der Waals surface area contributed by atoms with E-state index < -0.39 is 0 Å². The Balaban J connectivity index is 1.28. The van der Waals surface area contributed by atoms with Crippen LogP contribution in [-0.4, -0.2) is 49.4 Å². The Hall–Kier alpha value is -2.70. The summed E-state index contributed by atoms with van der Waals surface area (Å²) in [6, 6.07) is 16.2. The first-order valence-electron chi connectivity index (χ1n) is 11.6. The normalized spacial score (nSPS) is 17.1. The number of thiophene rings is 1. The van der Waals surface area contributed by atoms with Crippen molar-refractivity contribution in [3.63, 3.8) is 0 Å². The predicted molar refractivity (Wildman–Crippen MR) is 130 cm³/mol. The summed E-state index contributed by atoms with van der Waals surface area (Å²) in [5, 5.41) is 7.58. The molecule has 2 aliphatic rings. The fraction of sp³-hybridized carbons (Fsp3) is 0.385. The lowest BCUT2D eigenvalue weighted by Crippen LogP contribution is -2.35. The molecular weight excluding hydrogens is 418 g/mol. The highest BCUT2D eigenvalue weighted by Crippen LogP contribution is 2.31. The molecule has 0 aliphatic carbocycles. The predicted octanol–water partition coefficient (Wildman–Crippen LogP) is 4.53. The van der Waals surface area contributed by atoms with Gasteiger partial charge in [-0.3, -0.25) is 9.59 Å². The third-order valence-corrected chi connectivity index (χ3v) is 7.71. The maximum absolute atomic E-state index is 12.7. The minimum Gasteiger partial charge on any atom is -0.351 e. The first-order chi connectivity index (χ1) is 15.7. The van der Waals surface area contributed by atoms with Gasteiger partial charge in [-0.1, -0.05) is 24.3 Å². The molecule has 2 aromatic carbocycles. The number of nitrogens with one attached hydrogen (secondary N) is 2. The lowest BCUT2D eigenvalue weighted by Gasteiger charge is -2.22. The Labute approximate surface area is 192 Å². The highest BCUT2D eigenvalue weighted by atomic mass is 32.1. The van der Waals surface area contributed by atoms with E-state index in [1.807, 2.05) is 35.2 Å². The smallest absolute Gasteiger partial charge is 0.261 e. The van der Waals surface area contributed by atoms with Crippen LogP contribution in [0.25, 0.3) is 21.2 Å². The first kappa shape index (κ1) is 21.2. The van der Waals surface area contributed by atoms with Crippen molar-refractivity contribution in [2.45, 2.75) is 25.7 Å². The maximum Gasteiger partial charge on any atom is 0.261 e. The standard InChI is InChI=1S/C26H29N3O2S/c30-25(28-17-18-9-11-27-12-10-18)24-16-22-8-7-21(15-23(22)32-24)19-3-5-20(6-4-19)26(31)29-13-1-2-14-29/h3-8,15-16,18,27H,1-2,9-14,17H2,(H,28,30). The van der Waals surface area contributed by atoms with E-state index in [9.17, 15) is 9.59 Å². The molecule has 5 rings (SSSR count). The van der Waals surface area contributed by atoms with Gasteiger partial charge in [0, 0.05) is 29.9 Å². The molecule has 2 fully saturated rings. The van der Waals surface area contributed by atoms with Gasteiger partial charge in [0.25, 0.3) is 11.8 Å². The molecule has 2 saturated heterocycles. The lowest BCUT2D eigenvalue weighted by atomic mass is 9.98. The number of amides is 2. The van der Waals surface area contributed by atoms with Gasteiger partial charge in [-0.2, -0.15) is 0 Å². The largest absolute Gasteiger partial charge is 0.351 e. The van der Waals surface area contributed by atoms with Crippen LogP contribution < -0.4 is 10.6 Å². The van der Waals surface area contributed by atoms with Gasteiger partial charge in [0.2, 0.25) is 0 Å². The molecule has 5 nitrogen and oxygen atoms in total. The number of piperidine rings is 1. The SMILES string of the molecule is O=C(NCC1CCNCC1)c1cc2ccc(-c3ccc(C(=O)N4CCCC4)cc3)cc2s1. The highest BCUT2D eigenvalue weighted by molar-refractivity contribution is 7.20. The number of hydrogen-bond donors (Lipinski definition) is 2. The molecule has 0 bridgehead atoms. The van der Waals surface area contributed by atoms with Crippen LogP contribution in [0.4, 0.5) is 0 Å². The molecule has 32 heavy (non-hydrogen) atoms. The maximum atomic E-state index is 12.7. The second-order valence-corrected chi connectivity index (χ2v) is 9.93. The Kier molecular flexibility index (Phi) is 6.23. The van der Waals surface area contributed by atoms with E-state index in [-0.39, 0.29) is 11.8 Å². The summed E-state index contributed by atoms with van der Waals surface area (Å²) in [6.07, 6.45) is 4.45. The van der Waals surface area contributed by atoms with E-state index >= 15 is 0 Å². The van der Waals surface area contributed by atoms with E-state index in [2.05, 4.69) is 28.8 Å². The van der Waals surface area contributed by atoms with E-state index in [1.54, 1.807) is 11.3 Å². The molecule has 3 heterocycles. The Morgan fingerprint density at radius 3 is 2.44 bits per heavy atom. The third-order valence-electron chi connectivity index (χ3n) is 6.61.